The molecule has 1 saturated heterocycles. The van der Waals surface area contributed by atoms with Crippen molar-refractivity contribution in [2.75, 3.05) is 13.1 Å². The van der Waals surface area contributed by atoms with E-state index >= 15 is 0 Å². The van der Waals surface area contributed by atoms with E-state index in [1.165, 1.54) is 5.56 Å². The van der Waals surface area contributed by atoms with Crippen LogP contribution in [-0.2, 0) is 22.6 Å². The van der Waals surface area contributed by atoms with Crippen molar-refractivity contribution in [3.05, 3.63) is 60.0 Å². The zero-order chi connectivity index (χ0) is 23.0. The maximum Gasteiger partial charge on any atom is 0.410 e. The average molecular weight is 438 g/mol. The van der Waals surface area contributed by atoms with Crippen LogP contribution in [0.15, 0.2) is 48.7 Å². The number of aromatic nitrogens is 3. The second-order valence-corrected chi connectivity index (χ2v) is 8.62. The van der Waals surface area contributed by atoms with Crippen molar-refractivity contribution in [1.29, 1.82) is 0 Å². The van der Waals surface area contributed by atoms with Gasteiger partial charge in [-0.05, 0) is 51.3 Å². The Morgan fingerprint density at radius 3 is 2.50 bits per heavy atom. The molecule has 32 heavy (non-hydrogen) atoms. The number of amides is 2. The number of nitrogens with one attached hydrogen (secondary N) is 1. The monoisotopic (exact) mass is 437 g/mol. The lowest BCUT2D eigenvalue weighted by Gasteiger charge is -2.23. The van der Waals surface area contributed by atoms with Crippen LogP contribution in [0, 0.1) is 0 Å². The van der Waals surface area contributed by atoms with Crippen LogP contribution in [0.3, 0.4) is 0 Å². The minimum atomic E-state index is -0.361. The molecule has 4 rings (SSSR count). The summed E-state index contributed by atoms with van der Waals surface area (Å²) in [6.07, 6.45) is 4.49. The van der Waals surface area contributed by atoms with Crippen LogP contribution in [0.2, 0.25) is 0 Å². The number of carbonyl (C=O) groups excluding carboxylic acids is 2. The van der Waals surface area contributed by atoms with Gasteiger partial charge in [0.2, 0.25) is 6.41 Å². The van der Waals surface area contributed by atoms with Crippen molar-refractivity contribution in [2.45, 2.75) is 52.3 Å². The molecule has 2 amide bonds. The number of imidazole rings is 1. The maximum atomic E-state index is 11.4. The van der Waals surface area contributed by atoms with E-state index in [2.05, 4.69) is 27.4 Å². The fourth-order valence-electron chi connectivity index (χ4n) is 3.43. The van der Waals surface area contributed by atoms with E-state index in [0.717, 1.165) is 42.9 Å². The molecule has 1 fully saturated rings. The summed E-state index contributed by atoms with van der Waals surface area (Å²) in [5.41, 5.74) is 2.48. The van der Waals surface area contributed by atoms with Crippen molar-refractivity contribution in [2.24, 2.45) is 0 Å². The summed E-state index contributed by atoms with van der Waals surface area (Å²) >= 11 is 0. The Hall–Kier alpha value is -3.42. The highest BCUT2D eigenvalue weighted by molar-refractivity contribution is 5.71. The molecular weight excluding hydrogens is 406 g/mol. The lowest BCUT2D eigenvalue weighted by Crippen LogP contribution is -2.34. The van der Waals surface area contributed by atoms with Crippen LogP contribution in [0.25, 0.3) is 11.2 Å². The first-order valence-electron chi connectivity index (χ1n) is 10.9. The first kappa shape index (κ1) is 23.2. The first-order valence-corrected chi connectivity index (χ1v) is 10.9. The van der Waals surface area contributed by atoms with Gasteiger partial charge in [0, 0.05) is 19.3 Å². The van der Waals surface area contributed by atoms with E-state index in [1.54, 1.807) is 11.1 Å². The highest BCUT2D eigenvalue weighted by atomic mass is 16.6. The van der Waals surface area contributed by atoms with Crippen molar-refractivity contribution < 1.29 is 14.3 Å². The summed E-state index contributed by atoms with van der Waals surface area (Å²) in [6.45, 7) is 8.46. The van der Waals surface area contributed by atoms with E-state index in [0.29, 0.717) is 19.5 Å². The molecule has 8 heteroatoms. The Morgan fingerprint density at radius 1 is 1.12 bits per heavy atom. The van der Waals surface area contributed by atoms with Gasteiger partial charge in [0.1, 0.15) is 16.9 Å². The van der Waals surface area contributed by atoms with E-state index < -0.39 is 0 Å². The van der Waals surface area contributed by atoms with Crippen LogP contribution < -0.4 is 5.32 Å². The third kappa shape index (κ3) is 6.54. The van der Waals surface area contributed by atoms with E-state index in [-0.39, 0.29) is 11.7 Å². The highest BCUT2D eigenvalue weighted by Gasteiger charge is 2.23. The normalized spacial score (nSPS) is 13.4. The summed E-state index contributed by atoms with van der Waals surface area (Å²) in [4.78, 5) is 32.5. The van der Waals surface area contributed by atoms with Gasteiger partial charge in [0.15, 0.2) is 5.65 Å². The molecule has 2 aromatic heterocycles. The molecule has 0 unspecified atom stereocenters. The Kier molecular flexibility index (Phi) is 7.81. The van der Waals surface area contributed by atoms with Crippen LogP contribution in [-0.4, -0.2) is 50.6 Å². The summed E-state index contributed by atoms with van der Waals surface area (Å²) in [6, 6.07) is 13.9. The number of fused-ring (bicyclic) bond motifs is 1. The molecular formula is C24H31N5O3. The summed E-state index contributed by atoms with van der Waals surface area (Å²) in [5, 5.41) is 2.66. The number of nitrogens with zero attached hydrogens (tertiary/aromatic N) is 4. The van der Waals surface area contributed by atoms with Gasteiger partial charge in [0.25, 0.3) is 0 Å². The molecule has 0 atom stereocenters. The molecule has 0 saturated carbocycles. The number of hydrogen-bond donors (Lipinski definition) is 1. The number of hydrogen-bond acceptors (Lipinski definition) is 5. The first-order chi connectivity index (χ1) is 15.4. The Labute approximate surface area is 188 Å². The molecule has 1 aliphatic heterocycles. The smallest absolute Gasteiger partial charge is 0.410 e. The van der Waals surface area contributed by atoms with E-state index in [4.69, 9.17) is 4.74 Å². The van der Waals surface area contributed by atoms with Gasteiger partial charge < -0.3 is 19.5 Å². The van der Waals surface area contributed by atoms with Gasteiger partial charge in [0.05, 0.1) is 13.1 Å². The van der Waals surface area contributed by atoms with E-state index in [1.807, 2.05) is 55.7 Å². The number of rotatable bonds is 5. The zero-order valence-corrected chi connectivity index (χ0v) is 19.0. The average Bonchev–Trinajstić information content (AvgIpc) is 3.41. The number of carbonyl (C=O) groups is 2. The summed E-state index contributed by atoms with van der Waals surface area (Å²) < 4.78 is 7.24. The lowest BCUT2D eigenvalue weighted by atomic mass is 10.2. The zero-order valence-electron chi connectivity index (χ0n) is 19.0. The number of pyridine rings is 1. The maximum absolute atomic E-state index is 11.4. The predicted octanol–water partition coefficient (Wildman–Crippen LogP) is 3.74. The number of ether oxygens (including phenoxy) is 1. The lowest BCUT2D eigenvalue weighted by molar-refractivity contribution is -0.109. The van der Waals surface area contributed by atoms with Crippen molar-refractivity contribution in [1.82, 2.24) is 24.8 Å². The van der Waals surface area contributed by atoms with Crippen LogP contribution >= 0.6 is 0 Å². The largest absolute Gasteiger partial charge is 0.444 e. The second kappa shape index (κ2) is 10.7. The van der Waals surface area contributed by atoms with Crippen LogP contribution in [0.5, 0.6) is 0 Å². The number of likely N-dealkylation sites (tertiary alicyclic amines) is 1. The van der Waals surface area contributed by atoms with E-state index in [9.17, 15) is 9.59 Å². The topological polar surface area (TPSA) is 89.3 Å². The van der Waals surface area contributed by atoms with Crippen LogP contribution in [0.4, 0.5) is 4.79 Å². The fraction of sp³-hybridized carbons (Fsp3) is 0.417. The fourth-order valence-corrected chi connectivity index (χ4v) is 3.43. The summed E-state index contributed by atoms with van der Waals surface area (Å²) in [7, 11) is 0. The third-order valence-corrected chi connectivity index (χ3v) is 4.87. The molecule has 0 aliphatic carbocycles. The molecule has 170 valence electrons. The standard InChI is InChI=1S/C15H14N4O.C9H17NO2/c20-11-16-9-14-18-13-7-4-8-17-15(13)19(14)10-12-5-2-1-3-6-12;1-9(2,3)12-8(11)10-6-4-5-7-10/h1-8,11H,9-10H2,(H,16,20);4-7H2,1-3H3. The molecule has 0 bridgehead atoms. The van der Waals surface area contributed by atoms with Crippen molar-refractivity contribution in [3.8, 4) is 0 Å². The van der Waals surface area contributed by atoms with Crippen molar-refractivity contribution in [3.63, 3.8) is 0 Å². The van der Waals surface area contributed by atoms with Crippen molar-refractivity contribution >= 4 is 23.7 Å². The minimum absolute atomic E-state index is 0.167. The molecule has 3 heterocycles. The second-order valence-electron chi connectivity index (χ2n) is 8.62. The minimum Gasteiger partial charge on any atom is -0.444 e. The molecule has 0 radical (unpaired) electrons. The van der Waals surface area contributed by atoms with Gasteiger partial charge in [-0.25, -0.2) is 14.8 Å². The van der Waals surface area contributed by atoms with Gasteiger partial charge in [-0.1, -0.05) is 30.3 Å². The molecule has 8 nitrogen and oxygen atoms in total. The Morgan fingerprint density at radius 2 is 1.84 bits per heavy atom. The van der Waals surface area contributed by atoms with Crippen LogP contribution in [0.1, 0.15) is 45.0 Å². The summed E-state index contributed by atoms with van der Waals surface area (Å²) in [5.74, 6) is 0.801. The Balaban J connectivity index is 0.000000207. The third-order valence-electron chi connectivity index (χ3n) is 4.87. The van der Waals surface area contributed by atoms with Gasteiger partial charge >= 0.3 is 6.09 Å². The molecule has 1 aromatic carbocycles. The molecule has 0 spiro atoms. The van der Waals surface area contributed by atoms with Gasteiger partial charge in [-0.3, -0.25) is 4.79 Å². The molecule has 3 aromatic rings. The quantitative estimate of drug-likeness (QED) is 0.614. The van der Waals surface area contributed by atoms with Gasteiger partial charge in [-0.2, -0.15) is 0 Å². The number of benzene rings is 1. The molecule has 1 N–H and O–H groups in total. The molecule has 1 aliphatic rings. The predicted molar refractivity (Wildman–Crippen MR) is 123 cm³/mol. The SMILES string of the molecule is CC(C)(C)OC(=O)N1CCCC1.O=CNCc1nc2cccnc2n1Cc1ccccc1. The Bertz CT molecular complexity index is 1020. The van der Waals surface area contributed by atoms with Gasteiger partial charge in [-0.15, -0.1) is 0 Å². The highest BCUT2D eigenvalue weighted by Crippen LogP contribution is 2.16.